The Morgan fingerprint density at radius 3 is 2.55 bits per heavy atom. The number of methoxy groups -OCH3 is 1. The second kappa shape index (κ2) is 6.60. The summed E-state index contributed by atoms with van der Waals surface area (Å²) in [7, 11) is 1.30. The molecule has 9 heteroatoms. The molecule has 0 bridgehead atoms. The smallest absolute Gasteiger partial charge is 0.320 e. The van der Waals surface area contributed by atoms with E-state index in [0.717, 1.165) is 5.06 Å². The topological polar surface area (TPSA) is 65.1 Å². The van der Waals surface area contributed by atoms with Crippen LogP contribution < -0.4 is 9.80 Å². The molecule has 0 saturated heterocycles. The normalized spacial score (nSPS) is 19.4. The molecule has 1 amide bonds. The van der Waals surface area contributed by atoms with Crippen molar-refractivity contribution in [2.75, 3.05) is 12.2 Å². The molecule has 0 spiro atoms. The molecule has 2 unspecified atom stereocenters. The summed E-state index contributed by atoms with van der Waals surface area (Å²) in [6.45, 7) is 1.19. The van der Waals surface area contributed by atoms with Crippen LogP contribution >= 0.6 is 34.8 Å². The lowest BCUT2D eigenvalue weighted by Crippen LogP contribution is -2.51. The van der Waals surface area contributed by atoms with Crippen molar-refractivity contribution in [1.29, 1.82) is 0 Å². The van der Waals surface area contributed by atoms with Crippen molar-refractivity contribution < 1.29 is 23.9 Å². The van der Waals surface area contributed by atoms with Gasteiger partial charge >= 0.3 is 5.91 Å². The molecular formula is C13H12Cl3NO5. The number of fused-ring (bicyclic) bond motifs is 1. The summed E-state index contributed by atoms with van der Waals surface area (Å²) >= 11 is 17.2. The second-order valence-corrected chi connectivity index (χ2v) is 6.79. The monoisotopic (exact) mass is 367 g/mol. The van der Waals surface area contributed by atoms with Gasteiger partial charge in [0.05, 0.1) is 0 Å². The lowest BCUT2D eigenvalue weighted by atomic mass is 10.2. The fourth-order valence-corrected chi connectivity index (χ4v) is 2.41. The average molecular weight is 369 g/mol. The number of alkyl halides is 3. The summed E-state index contributed by atoms with van der Waals surface area (Å²) in [6.07, 6.45) is -2.69. The molecule has 2 atom stereocenters. The number of benzene rings is 1. The number of anilines is 1. The van der Waals surface area contributed by atoms with Gasteiger partial charge in [-0.15, -0.1) is 0 Å². The van der Waals surface area contributed by atoms with Crippen molar-refractivity contribution in [2.24, 2.45) is 0 Å². The van der Waals surface area contributed by atoms with Crippen molar-refractivity contribution in [1.82, 2.24) is 0 Å². The molecule has 0 N–H and O–H groups in total. The summed E-state index contributed by atoms with van der Waals surface area (Å²) in [5.41, 5.74) is 0.279. The minimum atomic E-state index is -2.04. The number of halogens is 3. The molecule has 1 aliphatic heterocycles. The lowest BCUT2D eigenvalue weighted by Gasteiger charge is -2.35. The van der Waals surface area contributed by atoms with Crippen LogP contribution in [0.5, 0.6) is 5.75 Å². The van der Waals surface area contributed by atoms with E-state index in [2.05, 4.69) is 0 Å². The molecule has 1 aliphatic rings. The number of para-hydroxylation sites is 2. The van der Waals surface area contributed by atoms with Gasteiger partial charge in [0.15, 0.2) is 11.9 Å². The van der Waals surface area contributed by atoms with Crippen LogP contribution in [0.15, 0.2) is 24.3 Å². The van der Waals surface area contributed by atoms with E-state index in [9.17, 15) is 9.59 Å². The fourth-order valence-electron chi connectivity index (χ4n) is 1.83. The van der Waals surface area contributed by atoms with Gasteiger partial charge in [-0.3, -0.25) is 9.59 Å². The lowest BCUT2D eigenvalue weighted by molar-refractivity contribution is -0.160. The number of ether oxygens (including phenoxy) is 2. The number of hydroxylamine groups is 1. The van der Waals surface area contributed by atoms with Crippen LogP contribution in [0.4, 0.5) is 5.69 Å². The van der Waals surface area contributed by atoms with Crippen LogP contribution in [0.3, 0.4) is 0 Å². The largest absolute Gasteiger partial charge is 0.453 e. The van der Waals surface area contributed by atoms with Gasteiger partial charge in [-0.1, -0.05) is 46.9 Å². The van der Waals surface area contributed by atoms with Gasteiger partial charge in [0, 0.05) is 7.11 Å². The number of hydrogen-bond acceptors (Lipinski definition) is 5. The van der Waals surface area contributed by atoms with Gasteiger partial charge in [0.25, 0.3) is 6.29 Å². The molecule has 0 aliphatic carbocycles. The highest BCUT2D eigenvalue weighted by molar-refractivity contribution is 6.68. The molecule has 1 heterocycles. The average Bonchev–Trinajstić information content (AvgIpc) is 2.44. The molecule has 22 heavy (non-hydrogen) atoms. The first-order valence-corrected chi connectivity index (χ1v) is 7.25. The maximum absolute atomic E-state index is 12.3. The Kier molecular flexibility index (Phi) is 5.19. The minimum Gasteiger partial charge on any atom is -0.453 e. The molecule has 1 aromatic rings. The predicted molar refractivity (Wildman–Crippen MR) is 81.2 cm³/mol. The summed E-state index contributed by atoms with van der Waals surface area (Å²) < 4.78 is 8.28. The van der Waals surface area contributed by atoms with E-state index in [4.69, 9.17) is 49.1 Å². The standard InChI is InChI=1S/C13H12Cl3NO5/c1-7(18)10(13(14,15)16)22-17-8-5-3-4-6-9(8)21-12(20-2)11(17)19/h3-6,10,12H,1-2H3. The third-order valence-electron chi connectivity index (χ3n) is 2.81. The number of amides is 1. The van der Waals surface area contributed by atoms with Crippen molar-refractivity contribution in [3.8, 4) is 5.75 Å². The number of hydrogen-bond donors (Lipinski definition) is 0. The summed E-state index contributed by atoms with van der Waals surface area (Å²) in [5.74, 6) is -0.895. The Bertz CT molecular complexity index is 589. The highest BCUT2D eigenvalue weighted by Crippen LogP contribution is 2.38. The van der Waals surface area contributed by atoms with Gasteiger partial charge < -0.3 is 9.47 Å². The SMILES string of the molecule is COC1Oc2ccccc2N(OC(C(C)=O)C(Cl)(Cl)Cl)C1=O. The molecule has 1 aromatic carbocycles. The van der Waals surface area contributed by atoms with Crippen molar-refractivity contribution in [3.63, 3.8) is 0 Å². The molecule has 0 saturated carbocycles. The Hall–Kier alpha value is -1.05. The highest BCUT2D eigenvalue weighted by Gasteiger charge is 2.44. The van der Waals surface area contributed by atoms with E-state index in [1.54, 1.807) is 24.3 Å². The molecule has 0 aromatic heterocycles. The molecule has 0 radical (unpaired) electrons. The maximum Gasteiger partial charge on any atom is 0.320 e. The van der Waals surface area contributed by atoms with Gasteiger partial charge in [0.1, 0.15) is 11.4 Å². The second-order valence-electron chi connectivity index (χ2n) is 4.42. The van der Waals surface area contributed by atoms with Crippen molar-refractivity contribution in [2.45, 2.75) is 23.1 Å². The van der Waals surface area contributed by atoms with E-state index in [1.165, 1.54) is 14.0 Å². The highest BCUT2D eigenvalue weighted by atomic mass is 35.6. The number of nitrogens with zero attached hydrogens (tertiary/aromatic N) is 1. The molecule has 0 fully saturated rings. The van der Waals surface area contributed by atoms with Crippen LogP contribution in [0, 0.1) is 0 Å². The minimum absolute atomic E-state index is 0.279. The van der Waals surface area contributed by atoms with E-state index in [0.29, 0.717) is 5.75 Å². The van der Waals surface area contributed by atoms with Crippen molar-refractivity contribution >= 4 is 52.2 Å². The van der Waals surface area contributed by atoms with E-state index in [1.807, 2.05) is 0 Å². The Morgan fingerprint density at radius 2 is 2.00 bits per heavy atom. The summed E-state index contributed by atoms with van der Waals surface area (Å²) in [4.78, 5) is 29.3. The third kappa shape index (κ3) is 3.47. The van der Waals surface area contributed by atoms with Gasteiger partial charge in [-0.05, 0) is 19.1 Å². The maximum atomic E-state index is 12.3. The fraction of sp³-hybridized carbons (Fsp3) is 0.385. The number of Topliss-reactive ketones (excluding diaryl/α,β-unsaturated/α-hetero) is 1. The van der Waals surface area contributed by atoms with E-state index in [-0.39, 0.29) is 5.69 Å². The first kappa shape index (κ1) is 17.3. The third-order valence-corrected chi connectivity index (χ3v) is 3.41. The number of rotatable bonds is 4. The van der Waals surface area contributed by atoms with Crippen LogP contribution in [-0.4, -0.2) is 35.0 Å². The molecular weight excluding hydrogens is 357 g/mol. The van der Waals surface area contributed by atoms with E-state index < -0.39 is 27.9 Å². The Labute approximate surface area is 141 Å². The summed E-state index contributed by atoms with van der Waals surface area (Å²) in [6, 6.07) is 6.55. The first-order chi connectivity index (χ1) is 10.3. The van der Waals surface area contributed by atoms with Gasteiger partial charge in [-0.2, -0.15) is 5.06 Å². The first-order valence-electron chi connectivity index (χ1n) is 6.12. The number of carbonyl (C=O) groups is 2. The number of ketones is 1. The van der Waals surface area contributed by atoms with E-state index >= 15 is 0 Å². The Balaban J connectivity index is 2.39. The summed E-state index contributed by atoms with van der Waals surface area (Å²) in [5, 5.41) is 0.848. The van der Waals surface area contributed by atoms with Gasteiger partial charge in [-0.25, -0.2) is 4.84 Å². The zero-order valence-electron chi connectivity index (χ0n) is 11.6. The number of carbonyl (C=O) groups excluding carboxylic acids is 2. The van der Waals surface area contributed by atoms with Crippen LogP contribution in [0.25, 0.3) is 0 Å². The van der Waals surface area contributed by atoms with Crippen LogP contribution in [-0.2, 0) is 19.2 Å². The van der Waals surface area contributed by atoms with Gasteiger partial charge in [0.2, 0.25) is 3.79 Å². The molecule has 120 valence electrons. The Morgan fingerprint density at radius 1 is 1.36 bits per heavy atom. The van der Waals surface area contributed by atoms with Crippen LogP contribution in [0.1, 0.15) is 6.92 Å². The zero-order chi connectivity index (χ0) is 16.5. The molecule has 6 nitrogen and oxygen atoms in total. The molecule has 2 rings (SSSR count). The quantitative estimate of drug-likeness (QED) is 0.765. The zero-order valence-corrected chi connectivity index (χ0v) is 13.9. The van der Waals surface area contributed by atoms with Crippen molar-refractivity contribution in [3.05, 3.63) is 24.3 Å². The van der Waals surface area contributed by atoms with Crippen LogP contribution in [0.2, 0.25) is 0 Å². The predicted octanol–water partition coefficient (Wildman–Crippen LogP) is 2.64.